The van der Waals surface area contributed by atoms with Crippen molar-refractivity contribution in [2.75, 3.05) is 0 Å². The summed E-state index contributed by atoms with van der Waals surface area (Å²) in [6.45, 7) is 6.39. The van der Waals surface area contributed by atoms with Gasteiger partial charge in [0.1, 0.15) is 5.75 Å². The van der Waals surface area contributed by atoms with Crippen LogP contribution < -0.4 is 4.74 Å². The van der Waals surface area contributed by atoms with Gasteiger partial charge in [0.25, 0.3) is 0 Å². The molecule has 0 bridgehead atoms. The summed E-state index contributed by atoms with van der Waals surface area (Å²) in [5.74, 6) is 1.37. The van der Waals surface area contributed by atoms with Gasteiger partial charge in [-0.1, -0.05) is 45.0 Å². The van der Waals surface area contributed by atoms with Crippen LogP contribution in [0.3, 0.4) is 0 Å². The van der Waals surface area contributed by atoms with Crippen molar-refractivity contribution >= 4 is 0 Å². The van der Waals surface area contributed by atoms with Crippen LogP contribution in [0.5, 0.6) is 17.2 Å². The maximum Gasteiger partial charge on any atom is 0.169 e. The smallest absolute Gasteiger partial charge is 0.169 e. The van der Waals surface area contributed by atoms with E-state index in [2.05, 4.69) is 20.8 Å². The topological polar surface area (TPSA) is 29.5 Å². The Hall–Kier alpha value is -1.96. The predicted molar refractivity (Wildman–Crippen MR) is 73.3 cm³/mol. The summed E-state index contributed by atoms with van der Waals surface area (Å²) in [4.78, 5) is 0. The number of hydrogen-bond donors (Lipinski definition) is 1. The highest BCUT2D eigenvalue weighted by Crippen LogP contribution is 2.35. The van der Waals surface area contributed by atoms with Gasteiger partial charge in [-0.15, -0.1) is 0 Å². The second kappa shape index (κ2) is 4.73. The molecule has 0 unspecified atom stereocenters. The Morgan fingerprint density at radius 1 is 0.944 bits per heavy atom. The highest BCUT2D eigenvalue weighted by Gasteiger charge is 2.16. The molecule has 0 amide bonds. The van der Waals surface area contributed by atoms with Crippen molar-refractivity contribution in [1.29, 1.82) is 0 Å². The summed E-state index contributed by atoms with van der Waals surface area (Å²) in [6, 6.07) is 15.0. The Bertz CT molecular complexity index is 525. The molecule has 94 valence electrons. The molecule has 0 aliphatic rings. The van der Waals surface area contributed by atoms with Crippen LogP contribution >= 0.6 is 0 Å². The fourth-order valence-electron chi connectivity index (χ4n) is 1.68. The minimum Gasteiger partial charge on any atom is -0.504 e. The van der Waals surface area contributed by atoms with Crippen LogP contribution in [0, 0.1) is 0 Å². The molecule has 0 spiro atoms. The van der Waals surface area contributed by atoms with Crippen molar-refractivity contribution in [3.63, 3.8) is 0 Å². The van der Waals surface area contributed by atoms with Gasteiger partial charge < -0.3 is 9.84 Å². The predicted octanol–water partition coefficient (Wildman–Crippen LogP) is 4.48. The third-order valence-electron chi connectivity index (χ3n) is 2.80. The fraction of sp³-hybridized carbons (Fsp3) is 0.250. The van der Waals surface area contributed by atoms with E-state index in [1.54, 1.807) is 6.07 Å². The second-order valence-electron chi connectivity index (χ2n) is 5.35. The van der Waals surface area contributed by atoms with E-state index >= 15 is 0 Å². The lowest BCUT2D eigenvalue weighted by Crippen LogP contribution is -2.10. The van der Waals surface area contributed by atoms with Crippen molar-refractivity contribution in [3.05, 3.63) is 54.1 Å². The first-order valence-electron chi connectivity index (χ1n) is 6.03. The lowest BCUT2D eigenvalue weighted by Gasteiger charge is -2.20. The maximum absolute atomic E-state index is 9.84. The molecule has 2 aromatic carbocycles. The number of phenols is 1. The quantitative estimate of drug-likeness (QED) is 0.841. The minimum atomic E-state index is 0.0303. The fourth-order valence-corrected chi connectivity index (χ4v) is 1.68. The molecule has 0 aliphatic carbocycles. The zero-order valence-electron chi connectivity index (χ0n) is 11.0. The van der Waals surface area contributed by atoms with Crippen LogP contribution in [0.1, 0.15) is 26.3 Å². The highest BCUT2D eigenvalue weighted by atomic mass is 16.5. The third-order valence-corrected chi connectivity index (χ3v) is 2.80. The first-order chi connectivity index (χ1) is 8.47. The molecule has 0 aromatic heterocycles. The van der Waals surface area contributed by atoms with E-state index in [1.807, 2.05) is 42.5 Å². The van der Waals surface area contributed by atoms with Crippen LogP contribution in [0.2, 0.25) is 0 Å². The largest absolute Gasteiger partial charge is 0.504 e. The van der Waals surface area contributed by atoms with Crippen molar-refractivity contribution < 1.29 is 9.84 Å². The SMILES string of the molecule is CC(C)(C)c1ccc(O)c(Oc2ccccc2)c1. The molecule has 18 heavy (non-hydrogen) atoms. The molecule has 2 heteroatoms. The number of hydrogen-bond acceptors (Lipinski definition) is 2. The van der Waals surface area contributed by atoms with Gasteiger partial charge >= 0.3 is 0 Å². The van der Waals surface area contributed by atoms with Gasteiger partial charge in [-0.05, 0) is 35.2 Å². The van der Waals surface area contributed by atoms with E-state index in [9.17, 15) is 5.11 Å². The molecular weight excluding hydrogens is 224 g/mol. The Balaban J connectivity index is 2.33. The van der Waals surface area contributed by atoms with E-state index < -0.39 is 0 Å². The first-order valence-corrected chi connectivity index (χ1v) is 6.03. The number of para-hydroxylation sites is 1. The van der Waals surface area contributed by atoms with Crippen LogP contribution in [0.4, 0.5) is 0 Å². The molecule has 0 saturated carbocycles. The number of rotatable bonds is 2. The van der Waals surface area contributed by atoms with E-state index in [0.29, 0.717) is 5.75 Å². The number of benzene rings is 2. The van der Waals surface area contributed by atoms with Gasteiger partial charge in [-0.3, -0.25) is 0 Å². The Morgan fingerprint density at radius 3 is 2.22 bits per heavy atom. The molecule has 2 rings (SSSR count). The van der Waals surface area contributed by atoms with Crippen LogP contribution in [-0.4, -0.2) is 5.11 Å². The van der Waals surface area contributed by atoms with E-state index in [4.69, 9.17) is 4.74 Å². The molecule has 0 heterocycles. The van der Waals surface area contributed by atoms with E-state index in [1.165, 1.54) is 0 Å². The summed E-state index contributed by atoms with van der Waals surface area (Å²) < 4.78 is 5.69. The van der Waals surface area contributed by atoms with Gasteiger partial charge in [0, 0.05) is 0 Å². The van der Waals surface area contributed by atoms with Crippen LogP contribution in [0.15, 0.2) is 48.5 Å². The lowest BCUT2D eigenvalue weighted by molar-refractivity contribution is 0.409. The zero-order valence-corrected chi connectivity index (χ0v) is 11.0. The van der Waals surface area contributed by atoms with E-state index in [-0.39, 0.29) is 11.2 Å². The zero-order chi connectivity index (χ0) is 13.2. The summed E-state index contributed by atoms with van der Waals surface area (Å²) in [5, 5.41) is 9.84. The lowest BCUT2D eigenvalue weighted by atomic mass is 9.87. The van der Waals surface area contributed by atoms with Gasteiger partial charge in [0.15, 0.2) is 11.5 Å². The average molecular weight is 242 g/mol. The van der Waals surface area contributed by atoms with Gasteiger partial charge in [0.05, 0.1) is 0 Å². The van der Waals surface area contributed by atoms with Crippen LogP contribution in [0.25, 0.3) is 0 Å². The summed E-state index contributed by atoms with van der Waals surface area (Å²) in [7, 11) is 0. The second-order valence-corrected chi connectivity index (χ2v) is 5.35. The Labute approximate surface area is 108 Å². The standard InChI is InChI=1S/C16H18O2/c1-16(2,3)12-9-10-14(17)15(11-12)18-13-7-5-4-6-8-13/h4-11,17H,1-3H3. The van der Waals surface area contributed by atoms with Gasteiger partial charge in [-0.2, -0.15) is 0 Å². The highest BCUT2D eigenvalue weighted by molar-refractivity contribution is 5.46. The van der Waals surface area contributed by atoms with Crippen molar-refractivity contribution in [3.8, 4) is 17.2 Å². The first kappa shape index (κ1) is 12.5. The Kier molecular flexibility index (Phi) is 3.28. The Morgan fingerprint density at radius 2 is 1.61 bits per heavy atom. The number of phenolic OH excluding ortho intramolecular Hbond substituents is 1. The number of ether oxygens (including phenoxy) is 1. The molecule has 0 atom stereocenters. The van der Waals surface area contributed by atoms with Crippen molar-refractivity contribution in [2.45, 2.75) is 26.2 Å². The molecule has 0 aliphatic heterocycles. The van der Waals surface area contributed by atoms with E-state index in [0.717, 1.165) is 11.3 Å². The monoisotopic (exact) mass is 242 g/mol. The number of aromatic hydroxyl groups is 1. The normalized spacial score (nSPS) is 11.3. The molecule has 0 fully saturated rings. The molecule has 1 N–H and O–H groups in total. The van der Waals surface area contributed by atoms with Crippen LogP contribution in [-0.2, 0) is 5.41 Å². The summed E-state index contributed by atoms with van der Waals surface area (Å²) in [6.07, 6.45) is 0. The molecular formula is C16H18O2. The summed E-state index contributed by atoms with van der Waals surface area (Å²) in [5.41, 5.74) is 1.16. The van der Waals surface area contributed by atoms with Crippen molar-refractivity contribution in [2.24, 2.45) is 0 Å². The molecule has 0 radical (unpaired) electrons. The maximum atomic E-state index is 9.84. The molecule has 0 saturated heterocycles. The third kappa shape index (κ3) is 2.83. The van der Waals surface area contributed by atoms with Crippen molar-refractivity contribution in [1.82, 2.24) is 0 Å². The minimum absolute atomic E-state index is 0.0303. The molecule has 2 aromatic rings. The van der Waals surface area contributed by atoms with Gasteiger partial charge in [0.2, 0.25) is 0 Å². The molecule has 2 nitrogen and oxygen atoms in total. The summed E-state index contributed by atoms with van der Waals surface area (Å²) >= 11 is 0. The van der Waals surface area contributed by atoms with Gasteiger partial charge in [-0.25, -0.2) is 0 Å². The average Bonchev–Trinajstić information content (AvgIpc) is 2.32.